The third kappa shape index (κ3) is 2.89. The first-order valence-corrected chi connectivity index (χ1v) is 7.16. The van der Waals surface area contributed by atoms with Gasteiger partial charge in [-0.1, -0.05) is 6.42 Å². The molecule has 1 aromatic rings. The molecule has 1 saturated heterocycles. The molecule has 0 amide bonds. The molecular weight excluding hydrogens is 258 g/mol. The summed E-state index contributed by atoms with van der Waals surface area (Å²) in [5, 5.41) is 10.4. The molecule has 0 atom stereocenters. The zero-order chi connectivity index (χ0) is 13.2. The Morgan fingerprint density at radius 1 is 1.33 bits per heavy atom. The molecule has 0 aliphatic carbocycles. The Hall–Kier alpha value is -1.38. The maximum Gasteiger partial charge on any atom is 0.352 e. The maximum atomic E-state index is 12.0. The molecule has 1 aliphatic heterocycles. The van der Waals surface area contributed by atoms with Crippen LogP contribution in [0, 0.1) is 0 Å². The van der Waals surface area contributed by atoms with E-state index in [2.05, 4.69) is 9.82 Å². The van der Waals surface area contributed by atoms with Crippen molar-refractivity contribution in [3.8, 4) is 0 Å². The number of H-pyrrole nitrogens is 1. The van der Waals surface area contributed by atoms with Crippen molar-refractivity contribution < 1.29 is 18.3 Å². The quantitative estimate of drug-likeness (QED) is 0.736. The second-order valence-corrected chi connectivity index (χ2v) is 5.86. The first-order chi connectivity index (χ1) is 8.49. The van der Waals surface area contributed by atoms with Crippen molar-refractivity contribution in [3.63, 3.8) is 0 Å². The SMILES string of the molecule is O=C(O)c1cc(S(=O)(=O)NN2CCCCC2)c[nH]1. The normalized spacial score (nSPS) is 17.8. The minimum atomic E-state index is -3.69. The zero-order valence-electron chi connectivity index (χ0n) is 9.72. The molecule has 0 saturated carbocycles. The summed E-state index contributed by atoms with van der Waals surface area (Å²) in [6, 6.07) is 1.11. The highest BCUT2D eigenvalue weighted by Gasteiger charge is 2.22. The number of rotatable bonds is 4. The van der Waals surface area contributed by atoms with Crippen molar-refractivity contribution in [1.29, 1.82) is 0 Å². The second kappa shape index (κ2) is 5.09. The lowest BCUT2D eigenvalue weighted by molar-refractivity contribution is 0.0691. The van der Waals surface area contributed by atoms with E-state index in [1.54, 1.807) is 5.01 Å². The Morgan fingerprint density at radius 2 is 2.00 bits per heavy atom. The third-order valence-electron chi connectivity index (χ3n) is 2.80. The molecular formula is C10H15N3O4S. The number of hydrogen-bond donors (Lipinski definition) is 3. The van der Waals surface area contributed by atoms with Crippen molar-refractivity contribution in [2.45, 2.75) is 24.2 Å². The predicted octanol–water partition coefficient (Wildman–Crippen LogP) is 0.392. The predicted molar refractivity (Wildman–Crippen MR) is 63.5 cm³/mol. The van der Waals surface area contributed by atoms with E-state index in [9.17, 15) is 13.2 Å². The fourth-order valence-electron chi connectivity index (χ4n) is 1.86. The number of carboxylic acid groups (broad SMARTS) is 1. The van der Waals surface area contributed by atoms with Crippen LogP contribution >= 0.6 is 0 Å². The summed E-state index contributed by atoms with van der Waals surface area (Å²) in [4.78, 5) is 15.5. The Balaban J connectivity index is 2.11. The van der Waals surface area contributed by atoms with Crippen LogP contribution in [0.4, 0.5) is 0 Å². The average Bonchev–Trinajstić information content (AvgIpc) is 2.79. The van der Waals surface area contributed by atoms with Crippen molar-refractivity contribution in [3.05, 3.63) is 18.0 Å². The lowest BCUT2D eigenvalue weighted by Gasteiger charge is -2.26. The van der Waals surface area contributed by atoms with Crippen LogP contribution in [0.15, 0.2) is 17.2 Å². The van der Waals surface area contributed by atoms with E-state index in [0.717, 1.165) is 25.3 Å². The van der Waals surface area contributed by atoms with Gasteiger partial charge in [0.25, 0.3) is 10.0 Å². The van der Waals surface area contributed by atoms with Crippen molar-refractivity contribution >= 4 is 16.0 Å². The molecule has 0 aromatic carbocycles. The summed E-state index contributed by atoms with van der Waals surface area (Å²) in [7, 11) is -3.69. The van der Waals surface area contributed by atoms with Crippen LogP contribution in [0.1, 0.15) is 29.8 Å². The van der Waals surface area contributed by atoms with Crippen LogP contribution in [-0.4, -0.2) is 42.6 Å². The summed E-state index contributed by atoms with van der Waals surface area (Å²) in [6.07, 6.45) is 4.19. The van der Waals surface area contributed by atoms with Gasteiger partial charge < -0.3 is 10.1 Å². The first-order valence-electron chi connectivity index (χ1n) is 5.68. The van der Waals surface area contributed by atoms with Crippen molar-refractivity contribution in [2.75, 3.05) is 13.1 Å². The van der Waals surface area contributed by atoms with Crippen LogP contribution in [0.3, 0.4) is 0 Å². The summed E-state index contributed by atoms with van der Waals surface area (Å²) in [6.45, 7) is 1.35. The standard InChI is InChI=1S/C10H15N3O4S/c14-10(15)9-6-8(7-11-9)18(16,17)12-13-4-2-1-3-5-13/h6-7,11-12H,1-5H2,(H,14,15). The summed E-state index contributed by atoms with van der Waals surface area (Å²) < 4.78 is 23.9. The minimum Gasteiger partial charge on any atom is -0.477 e. The van der Waals surface area contributed by atoms with Gasteiger partial charge >= 0.3 is 5.97 Å². The number of aromatic nitrogens is 1. The van der Waals surface area contributed by atoms with Gasteiger partial charge in [0.15, 0.2) is 0 Å². The third-order valence-corrected chi connectivity index (χ3v) is 4.16. The van der Waals surface area contributed by atoms with E-state index in [-0.39, 0.29) is 10.6 Å². The van der Waals surface area contributed by atoms with Crippen molar-refractivity contribution in [1.82, 2.24) is 14.8 Å². The number of aromatic carboxylic acids is 1. The van der Waals surface area contributed by atoms with E-state index in [0.29, 0.717) is 13.1 Å². The number of aromatic amines is 1. The molecule has 1 fully saturated rings. The highest BCUT2D eigenvalue weighted by molar-refractivity contribution is 7.89. The Morgan fingerprint density at radius 3 is 2.56 bits per heavy atom. The lowest BCUT2D eigenvalue weighted by Crippen LogP contribution is -2.44. The number of piperidine rings is 1. The molecule has 3 N–H and O–H groups in total. The minimum absolute atomic E-state index is 0.0644. The molecule has 1 aliphatic rings. The molecule has 18 heavy (non-hydrogen) atoms. The fourth-order valence-corrected chi connectivity index (χ4v) is 2.98. The van der Waals surface area contributed by atoms with E-state index < -0.39 is 16.0 Å². The lowest BCUT2D eigenvalue weighted by atomic mass is 10.2. The Kier molecular flexibility index (Phi) is 3.69. The summed E-state index contributed by atoms with van der Waals surface area (Å²) >= 11 is 0. The van der Waals surface area contributed by atoms with Crippen molar-refractivity contribution in [2.24, 2.45) is 0 Å². The van der Waals surface area contributed by atoms with Gasteiger partial charge in [-0.3, -0.25) is 0 Å². The molecule has 1 aromatic heterocycles. The molecule has 0 spiro atoms. The van der Waals surface area contributed by atoms with Gasteiger partial charge in [0.2, 0.25) is 0 Å². The number of nitrogens with zero attached hydrogens (tertiary/aromatic N) is 1. The van der Waals surface area contributed by atoms with Gasteiger partial charge in [-0.15, -0.1) is 4.83 Å². The highest BCUT2D eigenvalue weighted by Crippen LogP contribution is 2.13. The molecule has 0 radical (unpaired) electrons. The van der Waals surface area contributed by atoms with Gasteiger partial charge in [-0.05, 0) is 18.9 Å². The topological polar surface area (TPSA) is 102 Å². The molecule has 0 bridgehead atoms. The van der Waals surface area contributed by atoms with Crippen LogP contribution in [0.25, 0.3) is 0 Å². The molecule has 0 unspecified atom stereocenters. The van der Waals surface area contributed by atoms with Gasteiger partial charge in [0.05, 0.1) is 0 Å². The Labute approximate surface area is 105 Å². The number of hydrazine groups is 1. The van der Waals surface area contributed by atoms with Crippen LogP contribution in [-0.2, 0) is 10.0 Å². The summed E-state index contributed by atoms with van der Waals surface area (Å²) in [5.41, 5.74) is -0.144. The van der Waals surface area contributed by atoms with Crippen LogP contribution < -0.4 is 4.83 Å². The van der Waals surface area contributed by atoms with E-state index in [1.165, 1.54) is 6.20 Å². The van der Waals surface area contributed by atoms with Crippen LogP contribution in [0.5, 0.6) is 0 Å². The monoisotopic (exact) mass is 273 g/mol. The second-order valence-electron chi connectivity index (χ2n) is 4.20. The number of carbonyl (C=O) groups is 1. The maximum absolute atomic E-state index is 12.0. The number of nitrogens with one attached hydrogen (secondary N) is 2. The molecule has 7 nitrogen and oxygen atoms in total. The molecule has 8 heteroatoms. The van der Waals surface area contributed by atoms with E-state index in [4.69, 9.17) is 5.11 Å². The van der Waals surface area contributed by atoms with Crippen LogP contribution in [0.2, 0.25) is 0 Å². The largest absolute Gasteiger partial charge is 0.477 e. The number of carboxylic acids is 1. The molecule has 2 rings (SSSR count). The highest BCUT2D eigenvalue weighted by atomic mass is 32.2. The van der Waals surface area contributed by atoms with E-state index in [1.807, 2.05) is 0 Å². The zero-order valence-corrected chi connectivity index (χ0v) is 10.5. The summed E-state index contributed by atoms with van der Waals surface area (Å²) in [5.74, 6) is -1.19. The first kappa shape index (κ1) is 13.1. The smallest absolute Gasteiger partial charge is 0.352 e. The van der Waals surface area contributed by atoms with Gasteiger partial charge in [0.1, 0.15) is 10.6 Å². The van der Waals surface area contributed by atoms with Gasteiger partial charge in [-0.25, -0.2) is 18.2 Å². The molecule has 2 heterocycles. The van der Waals surface area contributed by atoms with Gasteiger partial charge in [-0.2, -0.15) is 0 Å². The number of hydrogen-bond acceptors (Lipinski definition) is 4. The average molecular weight is 273 g/mol. The molecule has 100 valence electrons. The van der Waals surface area contributed by atoms with E-state index >= 15 is 0 Å². The number of sulfonamides is 1. The Bertz CT molecular complexity index is 531. The fraction of sp³-hybridized carbons (Fsp3) is 0.500. The van der Waals surface area contributed by atoms with Gasteiger partial charge in [0, 0.05) is 19.3 Å².